The highest BCUT2D eigenvalue weighted by Crippen LogP contribution is 2.38. The fraction of sp³-hybridized carbons (Fsp3) is 0.481. The van der Waals surface area contributed by atoms with Crippen molar-refractivity contribution >= 4 is 47.0 Å². The molecular formula is C27H38BrN5O2Si. The Morgan fingerprint density at radius 3 is 2.64 bits per heavy atom. The van der Waals surface area contributed by atoms with E-state index in [1.807, 2.05) is 28.9 Å². The SMILES string of the molecule is CCc1cc(O[Si](C)(C)C(C)(C)C)ccc1N=C(N)c1cnn2cc(Br)cc2c1NCC1(C)COC1. The minimum atomic E-state index is -1.93. The van der Waals surface area contributed by atoms with E-state index in [0.29, 0.717) is 5.84 Å². The van der Waals surface area contributed by atoms with Crippen molar-refractivity contribution in [2.75, 3.05) is 25.1 Å². The maximum Gasteiger partial charge on any atom is 0.250 e. The van der Waals surface area contributed by atoms with Crippen molar-refractivity contribution in [1.82, 2.24) is 9.61 Å². The van der Waals surface area contributed by atoms with Crippen molar-refractivity contribution in [3.63, 3.8) is 0 Å². The molecule has 1 aliphatic rings. The molecule has 0 radical (unpaired) electrons. The van der Waals surface area contributed by atoms with E-state index in [1.165, 1.54) is 0 Å². The van der Waals surface area contributed by atoms with E-state index in [4.69, 9.17) is 19.9 Å². The maximum absolute atomic E-state index is 6.63. The van der Waals surface area contributed by atoms with Gasteiger partial charge >= 0.3 is 0 Å². The van der Waals surface area contributed by atoms with Crippen molar-refractivity contribution in [3.05, 3.63) is 52.3 Å². The minimum absolute atomic E-state index is 0.0998. The molecule has 1 saturated heterocycles. The summed E-state index contributed by atoms with van der Waals surface area (Å²) in [6.07, 6.45) is 4.54. The van der Waals surface area contributed by atoms with E-state index < -0.39 is 8.32 Å². The molecule has 36 heavy (non-hydrogen) atoms. The molecule has 0 spiro atoms. The van der Waals surface area contributed by atoms with Gasteiger partial charge in [-0.15, -0.1) is 0 Å². The molecule has 0 bridgehead atoms. The number of hydrogen-bond acceptors (Lipinski definition) is 5. The van der Waals surface area contributed by atoms with Crippen LogP contribution in [-0.2, 0) is 11.2 Å². The molecule has 194 valence electrons. The molecule has 3 N–H and O–H groups in total. The van der Waals surface area contributed by atoms with E-state index >= 15 is 0 Å². The van der Waals surface area contributed by atoms with Gasteiger partial charge < -0.3 is 20.2 Å². The van der Waals surface area contributed by atoms with Crippen LogP contribution in [-0.4, -0.2) is 43.5 Å². The molecule has 9 heteroatoms. The molecular weight excluding hydrogens is 534 g/mol. The van der Waals surface area contributed by atoms with Crippen LogP contribution in [0, 0.1) is 5.41 Å². The molecule has 1 fully saturated rings. The molecule has 0 saturated carbocycles. The Balaban J connectivity index is 1.68. The molecule has 3 heterocycles. The number of halogens is 1. The highest BCUT2D eigenvalue weighted by Gasteiger charge is 2.39. The molecule has 7 nitrogen and oxygen atoms in total. The van der Waals surface area contributed by atoms with E-state index in [9.17, 15) is 0 Å². The molecule has 1 aromatic carbocycles. The number of aromatic nitrogens is 2. The van der Waals surface area contributed by atoms with E-state index in [2.05, 4.69) is 80.1 Å². The number of anilines is 1. The van der Waals surface area contributed by atoms with Crippen LogP contribution < -0.4 is 15.5 Å². The molecule has 0 unspecified atom stereocenters. The van der Waals surface area contributed by atoms with Crippen LogP contribution in [0.4, 0.5) is 11.4 Å². The monoisotopic (exact) mass is 571 g/mol. The smallest absolute Gasteiger partial charge is 0.250 e. The lowest BCUT2D eigenvalue weighted by Crippen LogP contribution is -2.45. The summed E-state index contributed by atoms with van der Waals surface area (Å²) in [7, 11) is -1.93. The summed E-state index contributed by atoms with van der Waals surface area (Å²) in [6.45, 7) is 17.9. The van der Waals surface area contributed by atoms with Crippen molar-refractivity contribution < 1.29 is 9.16 Å². The summed E-state index contributed by atoms with van der Waals surface area (Å²) < 4.78 is 14.8. The quantitative estimate of drug-likeness (QED) is 0.182. The van der Waals surface area contributed by atoms with Gasteiger partial charge in [-0.3, -0.25) is 0 Å². The number of aliphatic imine (C=N–C) groups is 1. The Morgan fingerprint density at radius 1 is 1.31 bits per heavy atom. The fourth-order valence-corrected chi connectivity index (χ4v) is 5.35. The second-order valence-corrected chi connectivity index (χ2v) is 17.2. The van der Waals surface area contributed by atoms with Crippen LogP contribution in [0.5, 0.6) is 5.75 Å². The van der Waals surface area contributed by atoms with Crippen molar-refractivity contribution in [2.24, 2.45) is 16.1 Å². The first-order valence-corrected chi connectivity index (χ1v) is 16.2. The number of hydrogen-bond donors (Lipinski definition) is 2. The summed E-state index contributed by atoms with van der Waals surface area (Å²) in [4.78, 5) is 4.86. The lowest BCUT2D eigenvalue weighted by molar-refractivity contribution is -0.0924. The zero-order valence-corrected chi connectivity index (χ0v) is 25.0. The average molecular weight is 573 g/mol. The van der Waals surface area contributed by atoms with E-state index in [-0.39, 0.29) is 10.5 Å². The lowest BCUT2D eigenvalue weighted by atomic mass is 9.88. The second-order valence-electron chi connectivity index (χ2n) is 11.6. The van der Waals surface area contributed by atoms with Gasteiger partial charge in [0, 0.05) is 22.6 Å². The summed E-state index contributed by atoms with van der Waals surface area (Å²) in [5.74, 6) is 1.32. The summed E-state index contributed by atoms with van der Waals surface area (Å²) in [6, 6.07) is 8.16. The Labute approximate surface area is 223 Å². The highest BCUT2D eigenvalue weighted by atomic mass is 79.9. The van der Waals surface area contributed by atoms with Gasteiger partial charge in [-0.05, 0) is 70.3 Å². The van der Waals surface area contributed by atoms with Gasteiger partial charge in [0.15, 0.2) is 0 Å². The zero-order valence-electron chi connectivity index (χ0n) is 22.4. The molecule has 4 rings (SSSR count). The van der Waals surface area contributed by atoms with Crippen molar-refractivity contribution in [1.29, 1.82) is 0 Å². The lowest BCUT2D eigenvalue weighted by Gasteiger charge is -2.38. The first-order valence-electron chi connectivity index (χ1n) is 12.5. The summed E-state index contributed by atoms with van der Waals surface area (Å²) >= 11 is 3.57. The number of fused-ring (bicyclic) bond motifs is 1. The molecule has 2 aromatic heterocycles. The third kappa shape index (κ3) is 5.48. The average Bonchev–Trinajstić information content (AvgIpc) is 3.16. The van der Waals surface area contributed by atoms with Crippen LogP contribution in [0.1, 0.15) is 45.7 Å². The number of nitrogens with one attached hydrogen (secondary N) is 1. The van der Waals surface area contributed by atoms with Gasteiger partial charge in [-0.1, -0.05) is 34.6 Å². The third-order valence-electron chi connectivity index (χ3n) is 7.32. The standard InChI is InChI=1S/C27H38BrN5O2Si/c1-8-18-11-20(35-36(6,7)26(2,3)4)9-10-22(18)32-25(29)21-13-31-33-14-19(28)12-23(33)24(21)30-15-27(5)16-34-17-27/h9-14,30H,8,15-17H2,1-7H3,(H2,29,32). The molecule has 1 aliphatic heterocycles. The number of benzene rings is 1. The van der Waals surface area contributed by atoms with Crippen LogP contribution in [0.15, 0.2) is 46.1 Å². The summed E-state index contributed by atoms with van der Waals surface area (Å²) in [5.41, 5.74) is 11.3. The first-order chi connectivity index (χ1) is 16.8. The van der Waals surface area contributed by atoms with Gasteiger partial charge in [0.25, 0.3) is 0 Å². The number of rotatable bonds is 8. The van der Waals surface area contributed by atoms with Crippen LogP contribution in [0.3, 0.4) is 0 Å². The fourth-order valence-electron chi connectivity index (χ4n) is 3.91. The zero-order chi connectivity index (χ0) is 26.3. The Hall–Kier alpha value is -2.36. The number of amidine groups is 1. The molecule has 3 aromatic rings. The predicted molar refractivity (Wildman–Crippen MR) is 154 cm³/mol. The Morgan fingerprint density at radius 2 is 2.03 bits per heavy atom. The summed E-state index contributed by atoms with van der Waals surface area (Å²) in [5, 5.41) is 8.32. The Kier molecular flexibility index (Phi) is 7.29. The maximum atomic E-state index is 6.63. The largest absolute Gasteiger partial charge is 0.543 e. The predicted octanol–water partition coefficient (Wildman–Crippen LogP) is 6.53. The normalized spacial score (nSPS) is 16.2. The molecule has 0 aliphatic carbocycles. The minimum Gasteiger partial charge on any atom is -0.543 e. The van der Waals surface area contributed by atoms with E-state index in [0.717, 1.165) is 64.4 Å². The number of nitrogens with two attached hydrogens (primary N) is 1. The second kappa shape index (κ2) is 9.83. The van der Waals surface area contributed by atoms with Gasteiger partial charge in [0.1, 0.15) is 11.6 Å². The number of nitrogens with zero attached hydrogens (tertiary/aromatic N) is 3. The van der Waals surface area contributed by atoms with Crippen LogP contribution >= 0.6 is 15.9 Å². The van der Waals surface area contributed by atoms with Gasteiger partial charge in [0.2, 0.25) is 8.32 Å². The number of ether oxygens (including phenoxy) is 1. The third-order valence-corrected chi connectivity index (χ3v) is 12.1. The highest BCUT2D eigenvalue weighted by molar-refractivity contribution is 9.10. The van der Waals surface area contributed by atoms with Gasteiger partial charge in [0.05, 0.1) is 41.9 Å². The first kappa shape index (κ1) is 26.7. The topological polar surface area (TPSA) is 86.2 Å². The van der Waals surface area contributed by atoms with Crippen molar-refractivity contribution in [2.45, 2.75) is 59.2 Å². The van der Waals surface area contributed by atoms with Crippen LogP contribution in [0.2, 0.25) is 18.1 Å². The molecule has 0 amide bonds. The van der Waals surface area contributed by atoms with E-state index in [1.54, 1.807) is 6.20 Å². The van der Waals surface area contributed by atoms with Gasteiger partial charge in [-0.25, -0.2) is 9.51 Å². The molecule has 0 atom stereocenters. The Bertz CT molecular complexity index is 1290. The number of aryl methyl sites for hydroxylation is 1. The van der Waals surface area contributed by atoms with Crippen LogP contribution in [0.25, 0.3) is 5.52 Å². The van der Waals surface area contributed by atoms with Crippen molar-refractivity contribution in [3.8, 4) is 5.75 Å². The van der Waals surface area contributed by atoms with Gasteiger partial charge in [-0.2, -0.15) is 5.10 Å².